The molecular formula is C20H23ClN2O4S. The summed E-state index contributed by atoms with van der Waals surface area (Å²) in [4.78, 5) is 12.4. The largest absolute Gasteiger partial charge is 0.496 e. The maximum atomic E-state index is 12.8. The molecule has 28 heavy (non-hydrogen) atoms. The molecule has 0 aliphatic carbocycles. The number of rotatable bonds is 7. The number of methoxy groups -OCH3 is 1. The Morgan fingerprint density at radius 3 is 2.61 bits per heavy atom. The van der Waals surface area contributed by atoms with Crippen LogP contribution in [0, 0.1) is 0 Å². The fourth-order valence-electron chi connectivity index (χ4n) is 3.23. The summed E-state index contributed by atoms with van der Waals surface area (Å²) in [5.41, 5.74) is 1.35. The lowest BCUT2D eigenvalue weighted by atomic mass is 10.1. The van der Waals surface area contributed by atoms with Crippen molar-refractivity contribution in [2.24, 2.45) is 0 Å². The van der Waals surface area contributed by atoms with Gasteiger partial charge in [-0.15, -0.1) is 0 Å². The van der Waals surface area contributed by atoms with Crippen molar-refractivity contribution < 1.29 is 17.9 Å². The molecule has 1 aliphatic rings. The monoisotopic (exact) mass is 422 g/mol. The molecule has 0 radical (unpaired) electrons. The van der Waals surface area contributed by atoms with Gasteiger partial charge in [-0.1, -0.05) is 29.8 Å². The second kappa shape index (κ2) is 8.94. The van der Waals surface area contributed by atoms with E-state index in [4.69, 9.17) is 16.3 Å². The highest BCUT2D eigenvalue weighted by molar-refractivity contribution is 7.89. The van der Waals surface area contributed by atoms with Crippen LogP contribution in [0.3, 0.4) is 0 Å². The van der Waals surface area contributed by atoms with E-state index in [2.05, 4.69) is 5.32 Å². The van der Waals surface area contributed by atoms with E-state index in [1.54, 1.807) is 13.2 Å². The molecule has 8 heteroatoms. The number of sulfonamides is 1. The van der Waals surface area contributed by atoms with Crippen LogP contribution in [0.15, 0.2) is 47.4 Å². The second-order valence-electron chi connectivity index (χ2n) is 6.62. The van der Waals surface area contributed by atoms with E-state index in [9.17, 15) is 13.2 Å². The number of nitrogens with zero attached hydrogens (tertiary/aromatic N) is 1. The Hall–Kier alpha value is -2.09. The van der Waals surface area contributed by atoms with Gasteiger partial charge < -0.3 is 10.1 Å². The Kier molecular flexibility index (Phi) is 6.59. The third kappa shape index (κ3) is 4.66. The average molecular weight is 423 g/mol. The van der Waals surface area contributed by atoms with Gasteiger partial charge in [0.25, 0.3) is 0 Å². The second-order valence-corrected chi connectivity index (χ2v) is 8.93. The summed E-state index contributed by atoms with van der Waals surface area (Å²) in [7, 11) is -2.07. The number of carbonyl (C=O) groups is 1. The highest BCUT2D eigenvalue weighted by atomic mass is 35.5. The molecule has 2 aromatic carbocycles. The van der Waals surface area contributed by atoms with Crippen molar-refractivity contribution in [2.45, 2.75) is 30.6 Å². The van der Waals surface area contributed by atoms with E-state index >= 15 is 0 Å². The molecule has 1 aliphatic heterocycles. The first-order valence-corrected chi connectivity index (χ1v) is 10.9. The van der Waals surface area contributed by atoms with Crippen LogP contribution in [-0.4, -0.2) is 38.8 Å². The predicted octanol–water partition coefficient (Wildman–Crippen LogP) is 3.70. The number of hydrogen-bond acceptors (Lipinski definition) is 4. The van der Waals surface area contributed by atoms with Gasteiger partial charge in [0.2, 0.25) is 15.9 Å². The molecule has 0 saturated carbocycles. The Balaban J connectivity index is 1.70. The lowest BCUT2D eigenvalue weighted by Crippen LogP contribution is -2.28. The number of nitrogens with one attached hydrogen (secondary N) is 1. The van der Waals surface area contributed by atoms with Crippen LogP contribution in [0.4, 0.5) is 5.69 Å². The van der Waals surface area contributed by atoms with E-state index < -0.39 is 10.0 Å². The molecule has 0 unspecified atom stereocenters. The van der Waals surface area contributed by atoms with Crippen LogP contribution < -0.4 is 10.1 Å². The smallest absolute Gasteiger partial charge is 0.244 e. The molecule has 1 fully saturated rings. The molecule has 1 heterocycles. The highest BCUT2D eigenvalue weighted by Crippen LogP contribution is 2.29. The van der Waals surface area contributed by atoms with Gasteiger partial charge in [-0.2, -0.15) is 4.31 Å². The Morgan fingerprint density at radius 2 is 1.89 bits per heavy atom. The Bertz CT molecular complexity index is 956. The molecule has 6 nitrogen and oxygen atoms in total. The molecule has 3 rings (SSSR count). The summed E-state index contributed by atoms with van der Waals surface area (Å²) in [6.45, 7) is 0.988. The minimum Gasteiger partial charge on any atom is -0.496 e. The summed E-state index contributed by atoms with van der Waals surface area (Å²) in [6, 6.07) is 12.1. The van der Waals surface area contributed by atoms with Crippen molar-refractivity contribution >= 4 is 33.2 Å². The summed E-state index contributed by atoms with van der Waals surface area (Å²) in [5.74, 6) is 0.526. The minimum absolute atomic E-state index is 0.0265. The van der Waals surface area contributed by atoms with Gasteiger partial charge in [-0.3, -0.25) is 4.79 Å². The SMILES string of the molecule is COc1ccccc1CCC(=O)Nc1ccc(Cl)c(S(=O)(=O)N2CCCC2)c1. The van der Waals surface area contributed by atoms with E-state index in [1.165, 1.54) is 16.4 Å². The molecule has 0 aromatic heterocycles. The summed E-state index contributed by atoms with van der Waals surface area (Å²) < 4.78 is 32.3. The van der Waals surface area contributed by atoms with Gasteiger partial charge in [0.05, 0.1) is 12.1 Å². The number of ether oxygens (including phenoxy) is 1. The first kappa shape index (κ1) is 20.6. The van der Waals surface area contributed by atoms with Crippen LogP contribution in [0.5, 0.6) is 5.75 Å². The minimum atomic E-state index is -3.66. The number of anilines is 1. The van der Waals surface area contributed by atoms with Gasteiger partial charge >= 0.3 is 0 Å². The molecular weight excluding hydrogens is 400 g/mol. The lowest BCUT2D eigenvalue weighted by Gasteiger charge is -2.17. The highest BCUT2D eigenvalue weighted by Gasteiger charge is 2.29. The first-order valence-electron chi connectivity index (χ1n) is 9.13. The van der Waals surface area contributed by atoms with Crippen molar-refractivity contribution in [1.82, 2.24) is 4.31 Å². The lowest BCUT2D eigenvalue weighted by molar-refractivity contribution is -0.116. The number of halogens is 1. The average Bonchev–Trinajstić information content (AvgIpc) is 3.23. The van der Waals surface area contributed by atoms with Crippen molar-refractivity contribution in [3.63, 3.8) is 0 Å². The zero-order valence-corrected chi connectivity index (χ0v) is 17.2. The van der Waals surface area contributed by atoms with Gasteiger partial charge in [-0.05, 0) is 49.1 Å². The van der Waals surface area contributed by atoms with Crippen LogP contribution in [0.1, 0.15) is 24.8 Å². The molecule has 0 spiro atoms. The topological polar surface area (TPSA) is 75.7 Å². The fraction of sp³-hybridized carbons (Fsp3) is 0.350. The standard InChI is InChI=1S/C20H23ClN2O4S/c1-27-18-7-3-2-6-15(18)8-11-20(24)22-16-9-10-17(21)19(14-16)28(25,26)23-12-4-5-13-23/h2-3,6-7,9-10,14H,4-5,8,11-13H2,1H3,(H,22,24). The molecule has 0 atom stereocenters. The number of para-hydroxylation sites is 1. The van der Waals surface area contributed by atoms with Crippen molar-refractivity contribution in [1.29, 1.82) is 0 Å². The number of hydrogen-bond donors (Lipinski definition) is 1. The maximum absolute atomic E-state index is 12.8. The van der Waals surface area contributed by atoms with Crippen LogP contribution >= 0.6 is 11.6 Å². The quantitative estimate of drug-likeness (QED) is 0.738. The van der Waals surface area contributed by atoms with Gasteiger partial charge in [0.1, 0.15) is 10.6 Å². The van der Waals surface area contributed by atoms with Crippen LogP contribution in [-0.2, 0) is 21.2 Å². The Morgan fingerprint density at radius 1 is 1.18 bits per heavy atom. The number of amides is 1. The van der Waals surface area contributed by atoms with Crippen LogP contribution in [0.25, 0.3) is 0 Å². The third-order valence-corrected chi connectivity index (χ3v) is 7.09. The summed E-state index contributed by atoms with van der Waals surface area (Å²) in [6.07, 6.45) is 2.45. The van der Waals surface area contributed by atoms with Gasteiger partial charge in [0, 0.05) is 25.2 Å². The first-order chi connectivity index (χ1) is 13.4. The van der Waals surface area contributed by atoms with Gasteiger partial charge in [0.15, 0.2) is 0 Å². The number of benzene rings is 2. The van der Waals surface area contributed by atoms with Crippen molar-refractivity contribution in [2.75, 3.05) is 25.5 Å². The van der Waals surface area contributed by atoms with Crippen molar-refractivity contribution in [3.05, 3.63) is 53.1 Å². The summed E-state index contributed by atoms with van der Waals surface area (Å²) in [5, 5.41) is 2.91. The number of aryl methyl sites for hydroxylation is 1. The van der Waals surface area contributed by atoms with E-state index in [0.29, 0.717) is 25.2 Å². The normalized spacial score (nSPS) is 14.8. The van der Waals surface area contributed by atoms with E-state index in [-0.39, 0.29) is 22.2 Å². The Labute approximate surface area is 170 Å². The molecule has 150 valence electrons. The summed E-state index contributed by atoms with van der Waals surface area (Å²) >= 11 is 6.14. The zero-order chi connectivity index (χ0) is 20.1. The zero-order valence-electron chi connectivity index (χ0n) is 15.7. The molecule has 1 amide bonds. The molecule has 1 saturated heterocycles. The van der Waals surface area contributed by atoms with E-state index in [0.717, 1.165) is 24.2 Å². The predicted molar refractivity (Wildman–Crippen MR) is 109 cm³/mol. The molecule has 0 bridgehead atoms. The van der Waals surface area contributed by atoms with E-state index in [1.807, 2.05) is 24.3 Å². The molecule has 2 aromatic rings. The van der Waals surface area contributed by atoms with Crippen molar-refractivity contribution in [3.8, 4) is 5.75 Å². The van der Waals surface area contributed by atoms with Crippen LogP contribution in [0.2, 0.25) is 5.02 Å². The maximum Gasteiger partial charge on any atom is 0.244 e. The molecule has 1 N–H and O–H groups in total. The van der Waals surface area contributed by atoms with Gasteiger partial charge in [-0.25, -0.2) is 8.42 Å². The fourth-order valence-corrected chi connectivity index (χ4v) is 5.25. The third-order valence-electron chi connectivity index (χ3n) is 4.71. The number of carbonyl (C=O) groups excluding carboxylic acids is 1.